The summed E-state index contributed by atoms with van der Waals surface area (Å²) in [5, 5.41) is 23.2. The fourth-order valence-corrected chi connectivity index (χ4v) is 1.44. The molecule has 0 amide bonds. The highest BCUT2D eigenvalue weighted by Crippen LogP contribution is 2.09. The molecule has 7 heteroatoms. The molecule has 7 nitrogen and oxygen atoms in total. The second-order valence-electron chi connectivity index (χ2n) is 3.84. The lowest BCUT2D eigenvalue weighted by atomic mass is 10.2. The van der Waals surface area contributed by atoms with Crippen LogP contribution in [0, 0.1) is 6.92 Å². The second kappa shape index (κ2) is 4.82. The molecule has 0 radical (unpaired) electrons. The molecule has 0 aromatic carbocycles. The summed E-state index contributed by atoms with van der Waals surface area (Å²) in [5.74, 6) is -0.555. The molecule has 2 heterocycles. The van der Waals surface area contributed by atoms with Crippen LogP contribution in [0.2, 0.25) is 0 Å². The van der Waals surface area contributed by atoms with E-state index < -0.39 is 5.97 Å². The Morgan fingerprint density at radius 3 is 2.72 bits per heavy atom. The van der Waals surface area contributed by atoms with Gasteiger partial charge in [-0.3, -0.25) is 4.68 Å². The van der Waals surface area contributed by atoms with E-state index in [-0.39, 0.29) is 5.69 Å². The smallest absolute Gasteiger partial charge is 0.356 e. The topological polar surface area (TPSA) is 92.9 Å². The minimum absolute atomic E-state index is 0.0712. The lowest BCUT2D eigenvalue weighted by Gasteiger charge is -2.04. The first-order chi connectivity index (χ1) is 8.58. The van der Waals surface area contributed by atoms with Crippen LogP contribution in [0.1, 0.15) is 21.7 Å². The van der Waals surface area contributed by atoms with E-state index in [1.165, 1.54) is 6.07 Å². The third kappa shape index (κ3) is 2.45. The molecule has 2 rings (SSSR count). The summed E-state index contributed by atoms with van der Waals surface area (Å²) in [6, 6.07) is 3.00. The average Bonchev–Trinajstić information content (AvgIpc) is 2.68. The van der Waals surface area contributed by atoms with Crippen LogP contribution < -0.4 is 5.32 Å². The van der Waals surface area contributed by atoms with Crippen molar-refractivity contribution in [3.63, 3.8) is 0 Å². The number of aromatic nitrogens is 4. The SMILES string of the molecule is Cc1c(CNc2ccc(C(=O)O)nn2)cnn1C. The summed E-state index contributed by atoms with van der Waals surface area (Å²) in [6.45, 7) is 2.55. The monoisotopic (exact) mass is 247 g/mol. The fourth-order valence-electron chi connectivity index (χ4n) is 1.44. The maximum atomic E-state index is 10.6. The van der Waals surface area contributed by atoms with Crippen LogP contribution in [-0.2, 0) is 13.6 Å². The molecule has 0 spiro atoms. The number of carbonyl (C=O) groups is 1. The molecule has 0 aliphatic carbocycles. The van der Waals surface area contributed by atoms with E-state index in [1.807, 2.05) is 14.0 Å². The number of nitrogens with one attached hydrogen (secondary N) is 1. The Bertz CT molecular complexity index is 561. The van der Waals surface area contributed by atoms with E-state index in [9.17, 15) is 4.79 Å². The second-order valence-corrected chi connectivity index (χ2v) is 3.84. The van der Waals surface area contributed by atoms with E-state index in [0.29, 0.717) is 12.4 Å². The quantitative estimate of drug-likeness (QED) is 0.831. The molecule has 0 bridgehead atoms. The number of nitrogens with zero attached hydrogens (tertiary/aromatic N) is 4. The number of anilines is 1. The summed E-state index contributed by atoms with van der Waals surface area (Å²) < 4.78 is 1.79. The van der Waals surface area contributed by atoms with E-state index in [1.54, 1.807) is 16.9 Å². The number of hydrogen-bond donors (Lipinski definition) is 2. The summed E-state index contributed by atoms with van der Waals surface area (Å²) >= 11 is 0. The van der Waals surface area contributed by atoms with Crippen LogP contribution in [0.4, 0.5) is 5.82 Å². The standard InChI is InChI=1S/C11H13N5O2/c1-7-8(6-13-16(7)2)5-12-10-4-3-9(11(17)18)14-15-10/h3-4,6H,5H2,1-2H3,(H,12,15)(H,17,18). The van der Waals surface area contributed by atoms with Gasteiger partial charge >= 0.3 is 5.97 Å². The zero-order chi connectivity index (χ0) is 13.1. The van der Waals surface area contributed by atoms with Gasteiger partial charge in [0.2, 0.25) is 0 Å². The zero-order valence-electron chi connectivity index (χ0n) is 10.1. The van der Waals surface area contributed by atoms with E-state index in [0.717, 1.165) is 11.3 Å². The molecule has 0 atom stereocenters. The van der Waals surface area contributed by atoms with Gasteiger partial charge in [0.25, 0.3) is 0 Å². The van der Waals surface area contributed by atoms with Crippen LogP contribution in [0.5, 0.6) is 0 Å². The van der Waals surface area contributed by atoms with Gasteiger partial charge in [-0.2, -0.15) is 5.10 Å². The van der Waals surface area contributed by atoms with Gasteiger partial charge in [-0.1, -0.05) is 0 Å². The first kappa shape index (κ1) is 12.0. The van der Waals surface area contributed by atoms with Crippen molar-refractivity contribution in [2.24, 2.45) is 7.05 Å². The summed E-state index contributed by atoms with van der Waals surface area (Å²) in [5.41, 5.74) is 2.05. The molecule has 0 saturated carbocycles. The van der Waals surface area contributed by atoms with Gasteiger partial charge in [0.1, 0.15) is 5.82 Å². The van der Waals surface area contributed by atoms with E-state index >= 15 is 0 Å². The molecular weight excluding hydrogens is 234 g/mol. The number of aromatic carboxylic acids is 1. The Labute approximate surface area is 103 Å². The Hall–Kier alpha value is -2.44. The maximum Gasteiger partial charge on any atom is 0.356 e. The van der Waals surface area contributed by atoms with Gasteiger partial charge in [0.15, 0.2) is 5.69 Å². The number of aryl methyl sites for hydroxylation is 1. The van der Waals surface area contributed by atoms with Crippen LogP contribution in [-0.4, -0.2) is 31.1 Å². The number of rotatable bonds is 4. The zero-order valence-corrected chi connectivity index (χ0v) is 10.1. The third-order valence-electron chi connectivity index (χ3n) is 2.68. The molecule has 2 aromatic rings. The Kier molecular flexibility index (Phi) is 3.22. The van der Waals surface area contributed by atoms with Crippen molar-refractivity contribution in [2.45, 2.75) is 13.5 Å². The summed E-state index contributed by atoms with van der Waals surface area (Å²) in [7, 11) is 1.88. The molecule has 0 unspecified atom stereocenters. The van der Waals surface area contributed by atoms with Crippen LogP contribution in [0.3, 0.4) is 0 Å². The van der Waals surface area contributed by atoms with Crippen LogP contribution in [0.15, 0.2) is 18.3 Å². The Balaban J connectivity index is 2.02. The minimum Gasteiger partial charge on any atom is -0.476 e. The first-order valence-corrected chi connectivity index (χ1v) is 5.36. The largest absolute Gasteiger partial charge is 0.476 e. The van der Waals surface area contributed by atoms with Crippen molar-refractivity contribution in [1.29, 1.82) is 0 Å². The molecule has 0 fully saturated rings. The predicted octanol–water partition coefficient (Wildman–Crippen LogP) is 0.829. The highest BCUT2D eigenvalue weighted by Gasteiger charge is 2.06. The molecule has 2 N–H and O–H groups in total. The molecule has 94 valence electrons. The van der Waals surface area contributed by atoms with Crippen molar-refractivity contribution in [3.8, 4) is 0 Å². The van der Waals surface area contributed by atoms with Crippen molar-refractivity contribution >= 4 is 11.8 Å². The highest BCUT2D eigenvalue weighted by molar-refractivity contribution is 5.85. The fraction of sp³-hybridized carbons (Fsp3) is 0.273. The van der Waals surface area contributed by atoms with Gasteiger partial charge in [-0.05, 0) is 19.1 Å². The van der Waals surface area contributed by atoms with Gasteiger partial charge in [0, 0.05) is 24.8 Å². The highest BCUT2D eigenvalue weighted by atomic mass is 16.4. The third-order valence-corrected chi connectivity index (χ3v) is 2.68. The lowest BCUT2D eigenvalue weighted by Crippen LogP contribution is -2.06. The molecule has 2 aromatic heterocycles. The van der Waals surface area contributed by atoms with E-state index in [4.69, 9.17) is 5.11 Å². The van der Waals surface area contributed by atoms with Crippen LogP contribution >= 0.6 is 0 Å². The minimum atomic E-state index is -1.09. The van der Waals surface area contributed by atoms with Gasteiger partial charge in [-0.15, -0.1) is 10.2 Å². The van der Waals surface area contributed by atoms with Gasteiger partial charge < -0.3 is 10.4 Å². The van der Waals surface area contributed by atoms with Crippen LogP contribution in [0.25, 0.3) is 0 Å². The normalized spacial score (nSPS) is 10.3. The van der Waals surface area contributed by atoms with E-state index in [2.05, 4.69) is 20.6 Å². The Morgan fingerprint density at radius 2 is 2.22 bits per heavy atom. The maximum absolute atomic E-state index is 10.6. The predicted molar refractivity (Wildman–Crippen MR) is 64.3 cm³/mol. The molecule has 0 saturated heterocycles. The van der Waals surface area contributed by atoms with Gasteiger partial charge in [0.05, 0.1) is 6.20 Å². The molecule has 0 aliphatic heterocycles. The summed E-state index contributed by atoms with van der Waals surface area (Å²) in [6.07, 6.45) is 1.78. The van der Waals surface area contributed by atoms with Crippen molar-refractivity contribution in [2.75, 3.05) is 5.32 Å². The molecular formula is C11H13N5O2. The van der Waals surface area contributed by atoms with Crippen molar-refractivity contribution in [3.05, 3.63) is 35.3 Å². The van der Waals surface area contributed by atoms with Crippen molar-refractivity contribution < 1.29 is 9.90 Å². The number of carboxylic acids is 1. The van der Waals surface area contributed by atoms with Crippen molar-refractivity contribution in [1.82, 2.24) is 20.0 Å². The average molecular weight is 247 g/mol. The summed E-state index contributed by atoms with van der Waals surface area (Å²) in [4.78, 5) is 10.6. The number of carboxylic acid groups (broad SMARTS) is 1. The first-order valence-electron chi connectivity index (χ1n) is 5.36. The lowest BCUT2D eigenvalue weighted by molar-refractivity contribution is 0.0689. The Morgan fingerprint density at radius 1 is 1.44 bits per heavy atom. The molecule has 18 heavy (non-hydrogen) atoms. The van der Waals surface area contributed by atoms with Gasteiger partial charge in [-0.25, -0.2) is 4.79 Å². The molecule has 0 aliphatic rings. The number of hydrogen-bond acceptors (Lipinski definition) is 5.